The number of halogens is 1. The first kappa shape index (κ1) is 22.2. The van der Waals surface area contributed by atoms with Crippen LogP contribution in [0.1, 0.15) is 37.3 Å². The molecule has 6 nitrogen and oxygen atoms in total. The van der Waals surface area contributed by atoms with Gasteiger partial charge in [0.1, 0.15) is 11.6 Å². The molecule has 2 aromatic rings. The molecular formula is C24H25FN2O4. The molecule has 31 heavy (non-hydrogen) atoms. The summed E-state index contributed by atoms with van der Waals surface area (Å²) in [5.41, 5.74) is 4.70. The van der Waals surface area contributed by atoms with Crippen molar-refractivity contribution in [2.75, 3.05) is 6.61 Å². The Morgan fingerprint density at radius 3 is 2.61 bits per heavy atom. The third-order valence-electron chi connectivity index (χ3n) is 4.83. The zero-order valence-corrected chi connectivity index (χ0v) is 17.8. The van der Waals surface area contributed by atoms with Gasteiger partial charge in [-0.2, -0.15) is 0 Å². The minimum atomic E-state index is -0.949. The molecule has 162 valence electrons. The Morgan fingerprint density at radius 2 is 1.97 bits per heavy atom. The fourth-order valence-electron chi connectivity index (χ4n) is 3.43. The normalized spacial score (nSPS) is 14.8. The van der Waals surface area contributed by atoms with E-state index in [2.05, 4.69) is 9.97 Å². The second kappa shape index (κ2) is 10.0. The molecule has 3 rings (SSSR count). The Kier molecular flexibility index (Phi) is 7.18. The Bertz CT molecular complexity index is 1050. The van der Waals surface area contributed by atoms with Crippen molar-refractivity contribution < 1.29 is 23.8 Å². The molecule has 1 aromatic carbocycles. The summed E-state index contributed by atoms with van der Waals surface area (Å²) < 4.78 is 25.5. The van der Waals surface area contributed by atoms with Gasteiger partial charge in [0.2, 0.25) is 5.88 Å². The summed E-state index contributed by atoms with van der Waals surface area (Å²) in [4.78, 5) is 19.4. The summed E-state index contributed by atoms with van der Waals surface area (Å²) in [5.74, 6) is -0.186. The molecular weight excluding hydrogens is 399 g/mol. The second-order valence-electron chi connectivity index (χ2n) is 7.25. The number of nitrogens with zero attached hydrogens (tertiary/aromatic N) is 2. The third kappa shape index (κ3) is 5.78. The minimum Gasteiger partial charge on any atom is -0.494 e. The van der Waals surface area contributed by atoms with E-state index in [0.29, 0.717) is 29.3 Å². The number of carboxylic acids is 1. The van der Waals surface area contributed by atoms with Crippen molar-refractivity contribution in [3.8, 4) is 22.9 Å². The predicted octanol–water partition coefficient (Wildman–Crippen LogP) is 5.47. The monoisotopic (exact) mass is 424 g/mol. The van der Waals surface area contributed by atoms with Crippen molar-refractivity contribution in [1.29, 1.82) is 0 Å². The molecule has 1 heterocycles. The number of allylic oxidation sites excluding steroid dienone is 5. The maximum Gasteiger partial charge on any atom is 0.303 e. The number of ether oxygens (including phenoxy) is 2. The van der Waals surface area contributed by atoms with E-state index in [4.69, 9.17) is 14.6 Å². The summed E-state index contributed by atoms with van der Waals surface area (Å²) in [5, 5.41) is 8.75. The summed E-state index contributed by atoms with van der Waals surface area (Å²) in [6.45, 7) is 6.53. The fourth-order valence-corrected chi connectivity index (χ4v) is 3.43. The van der Waals surface area contributed by atoms with E-state index in [1.54, 1.807) is 18.3 Å². The first-order valence-electron chi connectivity index (χ1n) is 10.1. The van der Waals surface area contributed by atoms with E-state index < -0.39 is 5.97 Å². The molecule has 0 amide bonds. The molecule has 0 aliphatic heterocycles. The smallest absolute Gasteiger partial charge is 0.303 e. The number of carboxylic acid groups (broad SMARTS) is 1. The van der Waals surface area contributed by atoms with Gasteiger partial charge >= 0.3 is 5.97 Å². The van der Waals surface area contributed by atoms with Gasteiger partial charge in [0.05, 0.1) is 31.0 Å². The highest BCUT2D eigenvalue weighted by molar-refractivity contribution is 5.68. The van der Waals surface area contributed by atoms with E-state index in [1.807, 2.05) is 32.9 Å². The van der Waals surface area contributed by atoms with Gasteiger partial charge in [-0.25, -0.2) is 9.37 Å². The lowest BCUT2D eigenvalue weighted by atomic mass is 9.99. The molecule has 1 aliphatic carbocycles. The molecule has 0 bridgehead atoms. The van der Waals surface area contributed by atoms with Gasteiger partial charge in [0.15, 0.2) is 0 Å². The highest BCUT2D eigenvalue weighted by Gasteiger charge is 2.14. The SMILES string of the molecule is CCOc1cc(C)c(-c2cncc(OC=C3C=CC(CCC(=O)O)=C(F)C3)n2)c(C)c1. The van der Waals surface area contributed by atoms with Gasteiger partial charge < -0.3 is 14.6 Å². The average molecular weight is 424 g/mol. The van der Waals surface area contributed by atoms with E-state index in [0.717, 1.165) is 22.4 Å². The standard InChI is InChI=1S/C24H25FN2O4/c1-4-30-19-9-15(2)24(16(3)10-19)21-12-26-13-22(27-21)31-14-17-5-6-18(20(25)11-17)7-8-23(28)29/h5-6,9-10,12-14H,4,7-8,11H2,1-3H3,(H,28,29). The highest BCUT2D eigenvalue weighted by Crippen LogP contribution is 2.31. The van der Waals surface area contributed by atoms with Crippen molar-refractivity contribution in [2.45, 2.75) is 40.0 Å². The Hall–Kier alpha value is -3.48. The topological polar surface area (TPSA) is 81.5 Å². The lowest BCUT2D eigenvalue weighted by molar-refractivity contribution is -0.136. The lowest BCUT2D eigenvalue weighted by Gasteiger charge is -2.13. The lowest BCUT2D eigenvalue weighted by Crippen LogP contribution is -2.00. The van der Waals surface area contributed by atoms with Gasteiger partial charge in [-0.3, -0.25) is 9.78 Å². The third-order valence-corrected chi connectivity index (χ3v) is 4.83. The van der Waals surface area contributed by atoms with Crippen molar-refractivity contribution in [3.63, 3.8) is 0 Å². The van der Waals surface area contributed by atoms with Crippen LogP contribution in [0.15, 0.2) is 59.9 Å². The van der Waals surface area contributed by atoms with Crippen LogP contribution >= 0.6 is 0 Å². The molecule has 1 aromatic heterocycles. The molecule has 0 fully saturated rings. The molecule has 1 N–H and O–H groups in total. The van der Waals surface area contributed by atoms with E-state index in [9.17, 15) is 9.18 Å². The predicted molar refractivity (Wildman–Crippen MR) is 116 cm³/mol. The van der Waals surface area contributed by atoms with Gasteiger partial charge in [-0.15, -0.1) is 0 Å². The molecule has 0 saturated heterocycles. The van der Waals surface area contributed by atoms with Crippen molar-refractivity contribution in [2.24, 2.45) is 0 Å². The van der Waals surface area contributed by atoms with Gasteiger partial charge in [0.25, 0.3) is 0 Å². The van der Waals surface area contributed by atoms with Crippen molar-refractivity contribution in [3.05, 3.63) is 71.0 Å². The number of aryl methyl sites for hydroxylation is 2. The average Bonchev–Trinajstić information content (AvgIpc) is 2.71. The molecule has 0 atom stereocenters. The number of aromatic nitrogens is 2. The van der Waals surface area contributed by atoms with Gasteiger partial charge in [-0.05, 0) is 61.6 Å². The summed E-state index contributed by atoms with van der Waals surface area (Å²) in [7, 11) is 0. The molecule has 1 aliphatic rings. The van der Waals surface area contributed by atoms with Crippen LogP contribution < -0.4 is 9.47 Å². The first-order chi connectivity index (χ1) is 14.9. The van der Waals surface area contributed by atoms with Crippen LogP contribution in [0.3, 0.4) is 0 Å². The number of aliphatic carboxylic acids is 1. The maximum atomic E-state index is 14.2. The zero-order valence-electron chi connectivity index (χ0n) is 17.8. The molecule has 0 radical (unpaired) electrons. The molecule has 0 spiro atoms. The van der Waals surface area contributed by atoms with Crippen molar-refractivity contribution >= 4 is 5.97 Å². The Morgan fingerprint density at radius 1 is 1.23 bits per heavy atom. The minimum absolute atomic E-state index is 0.0513. The van der Waals surface area contributed by atoms with E-state index >= 15 is 0 Å². The quantitative estimate of drug-likeness (QED) is 0.566. The van der Waals surface area contributed by atoms with Crippen LogP contribution in [0, 0.1) is 13.8 Å². The van der Waals surface area contributed by atoms with Gasteiger partial charge in [0, 0.05) is 18.4 Å². The van der Waals surface area contributed by atoms with Crippen LogP contribution in [0.4, 0.5) is 4.39 Å². The van der Waals surface area contributed by atoms with E-state index in [-0.39, 0.29) is 25.1 Å². The number of benzene rings is 1. The fraction of sp³-hybridized carbons (Fsp3) is 0.292. The molecule has 7 heteroatoms. The molecule has 0 saturated carbocycles. The summed E-state index contributed by atoms with van der Waals surface area (Å²) >= 11 is 0. The van der Waals surface area contributed by atoms with Crippen LogP contribution in [0.25, 0.3) is 11.3 Å². The second-order valence-corrected chi connectivity index (χ2v) is 7.25. The number of hydrogen-bond acceptors (Lipinski definition) is 5. The van der Waals surface area contributed by atoms with Crippen LogP contribution in [0.5, 0.6) is 11.6 Å². The molecule has 0 unspecified atom stereocenters. The highest BCUT2D eigenvalue weighted by atomic mass is 19.1. The number of rotatable bonds is 8. The summed E-state index contributed by atoms with van der Waals surface area (Å²) in [6, 6.07) is 3.93. The van der Waals surface area contributed by atoms with Gasteiger partial charge in [-0.1, -0.05) is 12.2 Å². The maximum absolute atomic E-state index is 14.2. The Balaban J connectivity index is 1.74. The van der Waals surface area contributed by atoms with Crippen LogP contribution in [0.2, 0.25) is 0 Å². The summed E-state index contributed by atoms with van der Waals surface area (Å²) in [6.07, 6.45) is 8.04. The van der Waals surface area contributed by atoms with Crippen molar-refractivity contribution in [1.82, 2.24) is 9.97 Å². The van der Waals surface area contributed by atoms with E-state index in [1.165, 1.54) is 12.5 Å². The Labute approximate surface area is 180 Å². The first-order valence-corrected chi connectivity index (χ1v) is 10.1. The number of carbonyl (C=O) groups is 1. The zero-order chi connectivity index (χ0) is 22.4. The number of hydrogen-bond donors (Lipinski definition) is 1. The van der Waals surface area contributed by atoms with Crippen LogP contribution in [-0.4, -0.2) is 27.7 Å². The largest absolute Gasteiger partial charge is 0.494 e. The van der Waals surface area contributed by atoms with Crippen LogP contribution in [-0.2, 0) is 4.79 Å².